The lowest BCUT2D eigenvalue weighted by molar-refractivity contribution is 0.0993. The van der Waals surface area contributed by atoms with E-state index in [9.17, 15) is 0 Å². The fourth-order valence-corrected chi connectivity index (χ4v) is 4.15. The third-order valence-corrected chi connectivity index (χ3v) is 5.36. The summed E-state index contributed by atoms with van der Waals surface area (Å²) in [6.07, 6.45) is 0. The highest BCUT2D eigenvalue weighted by molar-refractivity contribution is 8.16. The molecular formula is C13H18OS2. The fourth-order valence-electron chi connectivity index (χ4n) is 1.66. The molecule has 3 heteroatoms. The quantitative estimate of drug-likeness (QED) is 0.813. The van der Waals surface area contributed by atoms with Gasteiger partial charge in [-0.15, -0.1) is 0 Å². The Morgan fingerprint density at radius 3 is 2.56 bits per heavy atom. The second-order valence-electron chi connectivity index (χ2n) is 4.23. The van der Waals surface area contributed by atoms with Gasteiger partial charge >= 0.3 is 0 Å². The number of hydrogen-bond acceptors (Lipinski definition) is 3. The zero-order chi connectivity index (χ0) is 11.2. The van der Waals surface area contributed by atoms with Gasteiger partial charge in [0.05, 0.1) is 13.2 Å². The summed E-state index contributed by atoms with van der Waals surface area (Å²) >= 11 is 4.07. The molecule has 1 heterocycles. The molecule has 1 aliphatic rings. The van der Waals surface area contributed by atoms with Gasteiger partial charge in [-0.05, 0) is 24.0 Å². The van der Waals surface area contributed by atoms with E-state index in [0.29, 0.717) is 0 Å². The molecule has 0 atom stereocenters. The number of hydrogen-bond donors (Lipinski definition) is 0. The Morgan fingerprint density at radius 1 is 1.19 bits per heavy atom. The first-order chi connectivity index (χ1) is 7.84. The van der Waals surface area contributed by atoms with Gasteiger partial charge in [0.15, 0.2) is 0 Å². The highest BCUT2D eigenvalue weighted by Crippen LogP contribution is 2.25. The maximum absolute atomic E-state index is 5.77. The maximum atomic E-state index is 5.77. The molecule has 0 amide bonds. The second kappa shape index (κ2) is 6.58. The van der Waals surface area contributed by atoms with Crippen molar-refractivity contribution in [1.82, 2.24) is 0 Å². The molecule has 1 aliphatic heterocycles. The summed E-state index contributed by atoms with van der Waals surface area (Å²) in [6.45, 7) is 3.78. The van der Waals surface area contributed by atoms with Crippen LogP contribution in [0.1, 0.15) is 11.1 Å². The van der Waals surface area contributed by atoms with E-state index in [1.165, 1.54) is 27.7 Å². The lowest BCUT2D eigenvalue weighted by atomic mass is 10.2. The standard InChI is InChI=1S/C13H18OS2/c1-11-2-4-12(5-3-11)6-14-7-13-8-15-10-16-9-13/h2-5,13H,6-10H2,1H3. The number of aryl methyl sites for hydroxylation is 1. The van der Waals surface area contributed by atoms with E-state index in [1.807, 2.05) is 23.5 Å². The van der Waals surface area contributed by atoms with Gasteiger partial charge in [0, 0.05) is 11.0 Å². The van der Waals surface area contributed by atoms with Crippen LogP contribution in [-0.2, 0) is 11.3 Å². The minimum atomic E-state index is 0.745. The number of ether oxygens (including phenoxy) is 1. The van der Waals surface area contributed by atoms with Gasteiger partial charge in [-0.25, -0.2) is 0 Å². The highest BCUT2D eigenvalue weighted by Gasteiger charge is 2.13. The molecule has 88 valence electrons. The van der Waals surface area contributed by atoms with E-state index in [-0.39, 0.29) is 0 Å². The Hall–Kier alpha value is -0.120. The topological polar surface area (TPSA) is 9.23 Å². The van der Waals surface area contributed by atoms with Crippen LogP contribution in [0.15, 0.2) is 24.3 Å². The van der Waals surface area contributed by atoms with Gasteiger partial charge in [-0.1, -0.05) is 29.8 Å². The Balaban J connectivity index is 1.69. The fraction of sp³-hybridized carbons (Fsp3) is 0.538. The summed E-state index contributed by atoms with van der Waals surface area (Å²) in [7, 11) is 0. The summed E-state index contributed by atoms with van der Waals surface area (Å²) < 4.78 is 5.77. The predicted molar refractivity (Wildman–Crippen MR) is 74.1 cm³/mol. The van der Waals surface area contributed by atoms with Crippen molar-refractivity contribution in [2.45, 2.75) is 13.5 Å². The van der Waals surface area contributed by atoms with Gasteiger partial charge in [0.1, 0.15) is 0 Å². The summed E-state index contributed by atoms with van der Waals surface area (Å²) in [4.78, 5) is 0. The molecule has 0 radical (unpaired) electrons. The third kappa shape index (κ3) is 4.04. The number of thioether (sulfide) groups is 2. The zero-order valence-electron chi connectivity index (χ0n) is 9.65. The molecule has 16 heavy (non-hydrogen) atoms. The summed E-state index contributed by atoms with van der Waals surface area (Å²) in [5.74, 6) is 3.27. The van der Waals surface area contributed by atoms with Crippen molar-refractivity contribution in [3.63, 3.8) is 0 Å². The van der Waals surface area contributed by atoms with E-state index in [4.69, 9.17) is 4.74 Å². The first-order valence-corrected chi connectivity index (χ1v) is 7.94. The second-order valence-corrected chi connectivity index (χ2v) is 6.65. The molecule has 0 spiro atoms. The lowest BCUT2D eigenvalue weighted by Gasteiger charge is -2.20. The monoisotopic (exact) mass is 254 g/mol. The highest BCUT2D eigenvalue weighted by atomic mass is 32.2. The molecule has 1 fully saturated rings. The minimum Gasteiger partial charge on any atom is -0.376 e. The first-order valence-electron chi connectivity index (χ1n) is 5.63. The number of rotatable bonds is 4. The van der Waals surface area contributed by atoms with E-state index >= 15 is 0 Å². The molecule has 0 aromatic heterocycles. The molecule has 0 bridgehead atoms. The van der Waals surface area contributed by atoms with Crippen LogP contribution < -0.4 is 0 Å². The summed E-state index contributed by atoms with van der Waals surface area (Å²) in [5, 5.41) is 1.26. The molecule has 1 saturated heterocycles. The maximum Gasteiger partial charge on any atom is 0.0717 e. The van der Waals surface area contributed by atoms with E-state index in [1.54, 1.807) is 0 Å². The van der Waals surface area contributed by atoms with Gasteiger partial charge in [-0.3, -0.25) is 0 Å². The van der Waals surface area contributed by atoms with Gasteiger partial charge < -0.3 is 4.74 Å². The SMILES string of the molecule is Cc1ccc(COCC2CSCSC2)cc1. The van der Waals surface area contributed by atoms with Crippen molar-refractivity contribution >= 4 is 23.5 Å². The van der Waals surface area contributed by atoms with E-state index in [2.05, 4.69) is 31.2 Å². The molecule has 0 N–H and O–H groups in total. The van der Waals surface area contributed by atoms with Crippen molar-refractivity contribution in [3.8, 4) is 0 Å². The Kier molecular flexibility index (Phi) is 5.07. The zero-order valence-corrected chi connectivity index (χ0v) is 11.3. The Morgan fingerprint density at radius 2 is 1.88 bits per heavy atom. The van der Waals surface area contributed by atoms with Crippen molar-refractivity contribution in [3.05, 3.63) is 35.4 Å². The summed E-state index contributed by atoms with van der Waals surface area (Å²) in [6, 6.07) is 8.59. The molecular weight excluding hydrogens is 236 g/mol. The molecule has 2 rings (SSSR count). The molecule has 0 aliphatic carbocycles. The normalized spacial score (nSPS) is 17.6. The van der Waals surface area contributed by atoms with Crippen LogP contribution in [-0.4, -0.2) is 23.2 Å². The third-order valence-electron chi connectivity index (χ3n) is 2.62. The molecule has 1 aromatic rings. The van der Waals surface area contributed by atoms with Crippen LogP contribution in [0, 0.1) is 12.8 Å². The van der Waals surface area contributed by atoms with Gasteiger partial charge in [0.2, 0.25) is 0 Å². The van der Waals surface area contributed by atoms with Crippen LogP contribution in [0.25, 0.3) is 0 Å². The molecule has 0 unspecified atom stereocenters. The average molecular weight is 254 g/mol. The van der Waals surface area contributed by atoms with Crippen LogP contribution in [0.4, 0.5) is 0 Å². The van der Waals surface area contributed by atoms with Crippen LogP contribution >= 0.6 is 23.5 Å². The van der Waals surface area contributed by atoms with Crippen LogP contribution in [0.2, 0.25) is 0 Å². The van der Waals surface area contributed by atoms with Crippen LogP contribution in [0.5, 0.6) is 0 Å². The number of benzene rings is 1. The largest absolute Gasteiger partial charge is 0.376 e. The Labute approximate surface area is 106 Å². The molecule has 1 nitrogen and oxygen atoms in total. The van der Waals surface area contributed by atoms with E-state index < -0.39 is 0 Å². The van der Waals surface area contributed by atoms with Gasteiger partial charge in [0.25, 0.3) is 0 Å². The van der Waals surface area contributed by atoms with Crippen molar-refractivity contribution < 1.29 is 4.74 Å². The summed E-state index contributed by atoms with van der Waals surface area (Å²) in [5.41, 5.74) is 2.59. The Bertz CT molecular complexity index is 304. The van der Waals surface area contributed by atoms with Crippen LogP contribution in [0.3, 0.4) is 0 Å². The minimum absolute atomic E-state index is 0.745. The van der Waals surface area contributed by atoms with Crippen molar-refractivity contribution in [2.75, 3.05) is 23.2 Å². The first kappa shape index (κ1) is 12.3. The molecule has 1 aromatic carbocycles. The average Bonchev–Trinajstić information content (AvgIpc) is 2.33. The van der Waals surface area contributed by atoms with Gasteiger partial charge in [-0.2, -0.15) is 23.5 Å². The van der Waals surface area contributed by atoms with Crippen molar-refractivity contribution in [2.24, 2.45) is 5.92 Å². The lowest BCUT2D eigenvalue weighted by Crippen LogP contribution is -2.18. The van der Waals surface area contributed by atoms with E-state index in [0.717, 1.165) is 19.1 Å². The van der Waals surface area contributed by atoms with Crippen molar-refractivity contribution in [1.29, 1.82) is 0 Å². The smallest absolute Gasteiger partial charge is 0.0717 e. The molecule has 0 saturated carbocycles. The predicted octanol–water partition coefficient (Wildman–Crippen LogP) is 3.57.